The Kier molecular flexibility index (Phi) is 8.51. The topological polar surface area (TPSA) is 84.9 Å². The number of carbonyl (C=O) groups is 1. The van der Waals surface area contributed by atoms with Gasteiger partial charge in [0.2, 0.25) is 10.0 Å². The van der Waals surface area contributed by atoms with Crippen LogP contribution in [0.2, 0.25) is 0 Å². The van der Waals surface area contributed by atoms with Crippen LogP contribution in [-0.4, -0.2) is 58.1 Å². The third kappa shape index (κ3) is 5.75. The smallest absolute Gasteiger partial charge is 0.251 e. The van der Waals surface area contributed by atoms with Crippen molar-refractivity contribution in [2.24, 2.45) is 0 Å². The predicted octanol–water partition coefficient (Wildman–Crippen LogP) is 3.59. The highest BCUT2D eigenvalue weighted by molar-refractivity contribution is 7.89. The molecule has 180 valence electrons. The van der Waals surface area contributed by atoms with Crippen LogP contribution in [0.5, 0.6) is 5.75 Å². The van der Waals surface area contributed by atoms with E-state index in [1.807, 2.05) is 19.1 Å². The van der Waals surface area contributed by atoms with Crippen molar-refractivity contribution >= 4 is 15.9 Å². The molecule has 7 nitrogen and oxygen atoms in total. The quantitative estimate of drug-likeness (QED) is 0.569. The Balaban J connectivity index is 1.79. The zero-order valence-corrected chi connectivity index (χ0v) is 20.5. The molecule has 2 aromatic rings. The first-order chi connectivity index (χ1) is 15.9. The van der Waals surface area contributed by atoms with E-state index in [1.165, 1.54) is 16.4 Å². The summed E-state index contributed by atoms with van der Waals surface area (Å²) in [6.45, 7) is 8.60. The Bertz CT molecular complexity index is 1030. The van der Waals surface area contributed by atoms with Crippen molar-refractivity contribution in [3.63, 3.8) is 0 Å². The van der Waals surface area contributed by atoms with Crippen molar-refractivity contribution in [3.8, 4) is 5.75 Å². The van der Waals surface area contributed by atoms with Crippen LogP contribution in [0.3, 0.4) is 0 Å². The Morgan fingerprint density at radius 3 is 2.33 bits per heavy atom. The molecule has 8 heteroatoms. The SMILES string of the molecule is CCOc1ccc(C2(CNC(=O)c3cccc(S(=O)(=O)N(CC)CC)c3)CCOCC2)cc1. The summed E-state index contributed by atoms with van der Waals surface area (Å²) in [5.41, 5.74) is 1.22. The second-order valence-corrected chi connectivity index (χ2v) is 10.1. The number of ether oxygens (including phenoxy) is 2. The van der Waals surface area contributed by atoms with Gasteiger partial charge in [-0.3, -0.25) is 4.79 Å². The Hall–Kier alpha value is -2.42. The van der Waals surface area contributed by atoms with Crippen LogP contribution < -0.4 is 10.1 Å². The first kappa shape index (κ1) is 25.2. The maximum Gasteiger partial charge on any atom is 0.251 e. The van der Waals surface area contributed by atoms with Crippen LogP contribution in [0, 0.1) is 0 Å². The summed E-state index contributed by atoms with van der Waals surface area (Å²) in [5, 5.41) is 3.05. The molecule has 0 unspecified atom stereocenters. The fourth-order valence-electron chi connectivity index (χ4n) is 4.26. The average Bonchev–Trinajstić information content (AvgIpc) is 2.84. The van der Waals surface area contributed by atoms with E-state index in [9.17, 15) is 13.2 Å². The van der Waals surface area contributed by atoms with Gasteiger partial charge in [-0.05, 0) is 55.7 Å². The summed E-state index contributed by atoms with van der Waals surface area (Å²) in [4.78, 5) is 13.1. The minimum Gasteiger partial charge on any atom is -0.494 e. The second-order valence-electron chi connectivity index (χ2n) is 8.15. The maximum absolute atomic E-state index is 13.0. The Morgan fingerprint density at radius 1 is 1.06 bits per heavy atom. The summed E-state index contributed by atoms with van der Waals surface area (Å²) >= 11 is 0. The molecule has 1 N–H and O–H groups in total. The van der Waals surface area contributed by atoms with Crippen molar-refractivity contribution in [1.82, 2.24) is 9.62 Å². The summed E-state index contributed by atoms with van der Waals surface area (Å²) in [7, 11) is -3.63. The maximum atomic E-state index is 13.0. The minimum absolute atomic E-state index is 0.131. The highest BCUT2D eigenvalue weighted by Gasteiger charge is 2.35. The monoisotopic (exact) mass is 474 g/mol. The van der Waals surface area contributed by atoms with Gasteiger partial charge in [-0.15, -0.1) is 0 Å². The van der Waals surface area contributed by atoms with E-state index in [0.29, 0.717) is 45.0 Å². The molecule has 0 radical (unpaired) electrons. The largest absolute Gasteiger partial charge is 0.494 e. The Morgan fingerprint density at radius 2 is 1.73 bits per heavy atom. The fraction of sp³-hybridized carbons (Fsp3) is 0.480. The van der Waals surface area contributed by atoms with Crippen molar-refractivity contribution < 1.29 is 22.7 Å². The molecular formula is C25H34N2O5S. The molecule has 0 aliphatic carbocycles. The molecule has 1 aliphatic rings. The number of hydrogen-bond donors (Lipinski definition) is 1. The number of sulfonamides is 1. The van der Waals surface area contributed by atoms with Gasteiger partial charge in [0.1, 0.15) is 5.75 Å². The van der Waals surface area contributed by atoms with Crippen molar-refractivity contribution in [2.75, 3.05) is 39.5 Å². The minimum atomic E-state index is -3.63. The van der Waals surface area contributed by atoms with Crippen molar-refractivity contribution in [1.29, 1.82) is 0 Å². The first-order valence-electron chi connectivity index (χ1n) is 11.6. The molecular weight excluding hydrogens is 440 g/mol. The van der Waals surface area contributed by atoms with Gasteiger partial charge < -0.3 is 14.8 Å². The number of rotatable bonds is 10. The molecule has 2 aromatic carbocycles. The summed E-state index contributed by atoms with van der Waals surface area (Å²) in [6, 6.07) is 14.3. The number of nitrogens with zero attached hydrogens (tertiary/aromatic N) is 1. The molecule has 0 aromatic heterocycles. The van der Waals surface area contributed by atoms with Crippen LogP contribution in [0.4, 0.5) is 0 Å². The lowest BCUT2D eigenvalue weighted by Gasteiger charge is -2.38. The highest BCUT2D eigenvalue weighted by Crippen LogP contribution is 2.35. The molecule has 0 atom stereocenters. The molecule has 1 heterocycles. The number of amides is 1. The average molecular weight is 475 g/mol. The molecule has 1 amide bonds. The van der Waals surface area contributed by atoms with Gasteiger partial charge in [0.05, 0.1) is 11.5 Å². The predicted molar refractivity (Wildman–Crippen MR) is 128 cm³/mol. The van der Waals surface area contributed by atoms with E-state index in [1.54, 1.807) is 26.0 Å². The zero-order valence-electron chi connectivity index (χ0n) is 19.7. The van der Waals surface area contributed by atoms with E-state index in [0.717, 1.165) is 24.2 Å². The lowest BCUT2D eigenvalue weighted by Crippen LogP contribution is -2.44. The molecule has 1 saturated heterocycles. The van der Waals surface area contributed by atoms with Gasteiger partial charge in [-0.1, -0.05) is 32.0 Å². The Labute approximate surface area is 197 Å². The molecule has 33 heavy (non-hydrogen) atoms. The van der Waals surface area contributed by atoms with Gasteiger partial charge in [-0.25, -0.2) is 8.42 Å². The fourth-order valence-corrected chi connectivity index (χ4v) is 5.77. The lowest BCUT2D eigenvalue weighted by atomic mass is 9.74. The van der Waals surface area contributed by atoms with Crippen molar-refractivity contribution in [3.05, 3.63) is 59.7 Å². The van der Waals surface area contributed by atoms with E-state index in [4.69, 9.17) is 9.47 Å². The van der Waals surface area contributed by atoms with Crippen LogP contribution in [-0.2, 0) is 20.2 Å². The van der Waals surface area contributed by atoms with Crippen molar-refractivity contribution in [2.45, 2.75) is 43.9 Å². The third-order valence-electron chi connectivity index (χ3n) is 6.25. The number of benzene rings is 2. The van der Waals surface area contributed by atoms with Crippen LogP contribution in [0.25, 0.3) is 0 Å². The lowest BCUT2D eigenvalue weighted by molar-refractivity contribution is 0.0487. The molecule has 0 spiro atoms. The number of carbonyl (C=O) groups excluding carboxylic acids is 1. The molecule has 0 saturated carbocycles. The zero-order chi connectivity index (χ0) is 23.9. The summed E-state index contributed by atoms with van der Waals surface area (Å²) < 4.78 is 38.2. The standard InChI is InChI=1S/C25H34N2O5S/c1-4-27(5-2)33(29,30)23-9-7-8-20(18-23)24(28)26-19-25(14-16-31-17-15-25)21-10-12-22(13-11-21)32-6-3/h7-13,18H,4-6,14-17,19H2,1-3H3,(H,26,28). The summed E-state index contributed by atoms with van der Waals surface area (Å²) in [6.07, 6.45) is 1.58. The molecule has 3 rings (SSSR count). The van der Waals surface area contributed by atoms with Gasteiger partial charge in [-0.2, -0.15) is 4.31 Å². The van der Waals surface area contributed by atoms with Gasteiger partial charge >= 0.3 is 0 Å². The van der Waals surface area contributed by atoms with E-state index >= 15 is 0 Å². The number of hydrogen-bond acceptors (Lipinski definition) is 5. The third-order valence-corrected chi connectivity index (χ3v) is 8.30. The highest BCUT2D eigenvalue weighted by atomic mass is 32.2. The second kappa shape index (κ2) is 11.1. The van der Waals surface area contributed by atoms with Gasteiger partial charge in [0, 0.05) is 43.8 Å². The van der Waals surface area contributed by atoms with Crippen LogP contribution >= 0.6 is 0 Å². The van der Waals surface area contributed by atoms with E-state index < -0.39 is 10.0 Å². The van der Waals surface area contributed by atoms with Gasteiger partial charge in [0.25, 0.3) is 5.91 Å². The van der Waals surface area contributed by atoms with Gasteiger partial charge in [0.15, 0.2) is 0 Å². The molecule has 0 bridgehead atoms. The van der Waals surface area contributed by atoms with Crippen LogP contribution in [0.15, 0.2) is 53.4 Å². The first-order valence-corrected chi connectivity index (χ1v) is 13.0. The normalized spacial score (nSPS) is 15.9. The van der Waals surface area contributed by atoms with E-state index in [2.05, 4.69) is 17.4 Å². The van der Waals surface area contributed by atoms with Crippen LogP contribution in [0.1, 0.15) is 49.5 Å². The summed E-state index contributed by atoms with van der Waals surface area (Å²) in [5.74, 6) is 0.530. The van der Waals surface area contributed by atoms with E-state index in [-0.39, 0.29) is 16.2 Å². The number of nitrogens with one attached hydrogen (secondary N) is 1. The molecule has 1 fully saturated rings. The molecule has 1 aliphatic heterocycles.